The molecule has 2 amide bonds. The summed E-state index contributed by atoms with van der Waals surface area (Å²) in [5.41, 5.74) is 0.593. The second-order valence-corrected chi connectivity index (χ2v) is 7.00. The van der Waals surface area contributed by atoms with Gasteiger partial charge in [-0.25, -0.2) is 0 Å². The molecule has 1 atom stereocenters. The maximum atomic E-state index is 12.6. The fourth-order valence-electron chi connectivity index (χ4n) is 3.01. The fourth-order valence-corrected chi connectivity index (χ4v) is 3.01. The summed E-state index contributed by atoms with van der Waals surface area (Å²) in [6, 6.07) is 18.5. The molecule has 3 aromatic rings. The lowest BCUT2D eigenvalue weighted by atomic mass is 9.79. The Morgan fingerprint density at radius 1 is 0.900 bits per heavy atom. The van der Waals surface area contributed by atoms with Gasteiger partial charge in [-0.1, -0.05) is 36.4 Å². The number of anilines is 2. The van der Waals surface area contributed by atoms with Gasteiger partial charge in [0, 0.05) is 35.8 Å². The monoisotopic (exact) mass is 403 g/mol. The number of aromatic nitrogens is 1. The van der Waals surface area contributed by atoms with E-state index in [1.165, 1.54) is 19.3 Å². The number of aliphatic carboxylic acids is 1. The van der Waals surface area contributed by atoms with Gasteiger partial charge in [0.1, 0.15) is 0 Å². The maximum Gasteiger partial charge on any atom is 0.314 e. The van der Waals surface area contributed by atoms with Gasteiger partial charge in [0.05, 0.1) is 5.41 Å². The molecule has 0 bridgehead atoms. The number of carboxylic acid groups (broad SMARTS) is 1. The molecule has 0 radical (unpaired) electrons. The third-order valence-electron chi connectivity index (χ3n) is 4.74. The van der Waals surface area contributed by atoms with E-state index >= 15 is 0 Å². The van der Waals surface area contributed by atoms with Crippen LogP contribution < -0.4 is 10.6 Å². The molecule has 0 spiro atoms. The summed E-state index contributed by atoms with van der Waals surface area (Å²) in [5.74, 6) is -1.83. The molecule has 0 aliphatic heterocycles. The minimum Gasteiger partial charge on any atom is -0.481 e. The molecule has 0 saturated heterocycles. The molecule has 30 heavy (non-hydrogen) atoms. The number of nitrogens with zero attached hydrogens (tertiary/aromatic N) is 1. The van der Waals surface area contributed by atoms with E-state index in [1.54, 1.807) is 66.7 Å². The third-order valence-corrected chi connectivity index (χ3v) is 4.74. The number of amides is 2. The number of carboxylic acids is 1. The first-order valence-electron chi connectivity index (χ1n) is 9.29. The van der Waals surface area contributed by atoms with Gasteiger partial charge in [-0.3, -0.25) is 19.4 Å². The van der Waals surface area contributed by atoms with E-state index < -0.39 is 17.3 Å². The number of carbonyl (C=O) groups excluding carboxylic acids is 2. The molecule has 1 aromatic heterocycles. The highest BCUT2D eigenvalue weighted by Gasteiger charge is 2.37. The van der Waals surface area contributed by atoms with E-state index in [4.69, 9.17) is 0 Å². The first kappa shape index (κ1) is 20.7. The van der Waals surface area contributed by atoms with E-state index in [2.05, 4.69) is 15.6 Å². The van der Waals surface area contributed by atoms with Crippen LogP contribution in [0.15, 0.2) is 79.1 Å². The zero-order valence-electron chi connectivity index (χ0n) is 16.3. The number of carbonyl (C=O) groups is 3. The van der Waals surface area contributed by atoms with Crippen molar-refractivity contribution in [1.29, 1.82) is 0 Å². The van der Waals surface area contributed by atoms with Crippen molar-refractivity contribution in [3.05, 3.63) is 90.3 Å². The second kappa shape index (κ2) is 9.00. The first-order valence-corrected chi connectivity index (χ1v) is 9.29. The van der Waals surface area contributed by atoms with Crippen LogP contribution in [-0.4, -0.2) is 27.9 Å². The highest BCUT2D eigenvalue weighted by atomic mass is 16.4. The molecule has 7 nitrogen and oxygen atoms in total. The molecule has 0 saturated carbocycles. The van der Waals surface area contributed by atoms with Crippen LogP contribution in [0.2, 0.25) is 0 Å². The largest absolute Gasteiger partial charge is 0.481 e. The molecular formula is C23H21N3O4. The molecule has 0 fully saturated rings. The van der Waals surface area contributed by atoms with Crippen molar-refractivity contribution < 1.29 is 19.5 Å². The predicted molar refractivity (Wildman–Crippen MR) is 113 cm³/mol. The fraction of sp³-hybridized carbons (Fsp3) is 0.130. The Labute approximate surface area is 173 Å². The quantitative estimate of drug-likeness (QED) is 0.557. The van der Waals surface area contributed by atoms with Gasteiger partial charge in [-0.2, -0.15) is 0 Å². The lowest BCUT2D eigenvalue weighted by Crippen LogP contribution is -2.36. The van der Waals surface area contributed by atoms with Crippen LogP contribution in [0, 0.1) is 0 Å². The van der Waals surface area contributed by atoms with Gasteiger partial charge in [-0.05, 0) is 42.8 Å². The van der Waals surface area contributed by atoms with E-state index in [-0.39, 0.29) is 12.3 Å². The van der Waals surface area contributed by atoms with Crippen LogP contribution in [0.25, 0.3) is 0 Å². The highest BCUT2D eigenvalue weighted by molar-refractivity contribution is 6.04. The Kier molecular flexibility index (Phi) is 6.22. The lowest BCUT2D eigenvalue weighted by Gasteiger charge is -2.24. The summed E-state index contributed by atoms with van der Waals surface area (Å²) in [5, 5.41) is 15.2. The normalized spacial score (nSPS) is 12.4. The smallest absolute Gasteiger partial charge is 0.314 e. The molecule has 7 heteroatoms. The van der Waals surface area contributed by atoms with Crippen LogP contribution in [0.1, 0.15) is 29.3 Å². The number of benzene rings is 2. The van der Waals surface area contributed by atoms with Crippen molar-refractivity contribution in [3.8, 4) is 0 Å². The second-order valence-electron chi connectivity index (χ2n) is 7.00. The van der Waals surface area contributed by atoms with Crippen molar-refractivity contribution in [1.82, 2.24) is 4.98 Å². The summed E-state index contributed by atoms with van der Waals surface area (Å²) in [4.78, 5) is 40.6. The average Bonchev–Trinajstić information content (AvgIpc) is 2.75. The van der Waals surface area contributed by atoms with Gasteiger partial charge in [0.25, 0.3) is 5.91 Å². The first-order chi connectivity index (χ1) is 14.4. The van der Waals surface area contributed by atoms with Crippen LogP contribution >= 0.6 is 0 Å². The molecule has 2 aromatic carbocycles. The van der Waals surface area contributed by atoms with Crippen molar-refractivity contribution >= 4 is 29.2 Å². The van der Waals surface area contributed by atoms with Crippen molar-refractivity contribution in [3.63, 3.8) is 0 Å². The topological polar surface area (TPSA) is 108 Å². The maximum absolute atomic E-state index is 12.6. The van der Waals surface area contributed by atoms with Crippen molar-refractivity contribution in [2.45, 2.75) is 18.8 Å². The van der Waals surface area contributed by atoms with E-state index in [0.717, 1.165) is 0 Å². The summed E-state index contributed by atoms with van der Waals surface area (Å²) in [6.45, 7) is 1.52. The molecule has 0 aliphatic rings. The van der Waals surface area contributed by atoms with E-state index in [0.29, 0.717) is 22.5 Å². The molecule has 0 aliphatic carbocycles. The summed E-state index contributed by atoms with van der Waals surface area (Å²) >= 11 is 0. The Bertz CT molecular complexity index is 1050. The Morgan fingerprint density at radius 2 is 1.53 bits per heavy atom. The van der Waals surface area contributed by atoms with Gasteiger partial charge < -0.3 is 15.7 Å². The Morgan fingerprint density at radius 3 is 2.17 bits per heavy atom. The zero-order valence-corrected chi connectivity index (χ0v) is 16.3. The Hall–Kier alpha value is -4.00. The van der Waals surface area contributed by atoms with Crippen LogP contribution in [0.4, 0.5) is 11.4 Å². The van der Waals surface area contributed by atoms with Gasteiger partial charge in [0.15, 0.2) is 0 Å². The highest BCUT2D eigenvalue weighted by Crippen LogP contribution is 2.29. The van der Waals surface area contributed by atoms with Gasteiger partial charge in [0.2, 0.25) is 5.91 Å². The summed E-state index contributed by atoms with van der Waals surface area (Å²) < 4.78 is 0. The minimum atomic E-state index is -1.36. The zero-order chi connectivity index (χ0) is 21.6. The third kappa shape index (κ3) is 4.88. The van der Waals surface area contributed by atoms with Crippen molar-refractivity contribution in [2.75, 3.05) is 10.6 Å². The van der Waals surface area contributed by atoms with Crippen molar-refractivity contribution in [2.24, 2.45) is 0 Å². The predicted octanol–water partition coefficient (Wildman–Crippen LogP) is 3.71. The summed E-state index contributed by atoms with van der Waals surface area (Å²) in [6.07, 6.45) is 2.81. The standard InChI is InChI=1S/C23H21N3O4/c1-23(22(29)30,17-6-3-2-4-7-17)15-20(27)25-18-8-5-9-19(14-18)26-21(28)16-10-12-24-13-11-16/h2-14H,15H2,1H3,(H,25,27)(H,26,28)(H,29,30)/t23-/m1/s1. The average molecular weight is 403 g/mol. The Balaban J connectivity index is 1.70. The molecule has 1 heterocycles. The lowest BCUT2D eigenvalue weighted by molar-refractivity contribution is -0.145. The minimum absolute atomic E-state index is 0.236. The molecular weight excluding hydrogens is 382 g/mol. The van der Waals surface area contributed by atoms with Gasteiger partial charge in [-0.15, -0.1) is 0 Å². The summed E-state index contributed by atoms with van der Waals surface area (Å²) in [7, 11) is 0. The van der Waals surface area contributed by atoms with Crippen LogP contribution in [0.5, 0.6) is 0 Å². The number of hydrogen-bond acceptors (Lipinski definition) is 4. The van der Waals surface area contributed by atoms with Crippen LogP contribution in [0.3, 0.4) is 0 Å². The molecule has 3 N–H and O–H groups in total. The molecule has 152 valence electrons. The van der Waals surface area contributed by atoms with Crippen LogP contribution in [-0.2, 0) is 15.0 Å². The number of nitrogens with one attached hydrogen (secondary N) is 2. The van der Waals surface area contributed by atoms with E-state index in [1.807, 2.05) is 0 Å². The molecule has 0 unspecified atom stereocenters. The molecule has 3 rings (SSSR count). The SMILES string of the molecule is C[C@](CC(=O)Nc1cccc(NC(=O)c2ccncc2)c1)(C(=O)O)c1ccccc1. The number of rotatable bonds is 7. The van der Waals surface area contributed by atoms with Gasteiger partial charge >= 0.3 is 5.97 Å². The number of pyridine rings is 1. The number of hydrogen-bond donors (Lipinski definition) is 3. The van der Waals surface area contributed by atoms with E-state index in [9.17, 15) is 19.5 Å².